The summed E-state index contributed by atoms with van der Waals surface area (Å²) in [4.78, 5) is 35.9. The van der Waals surface area contributed by atoms with Crippen LogP contribution in [0.4, 0.5) is 10.5 Å². The summed E-state index contributed by atoms with van der Waals surface area (Å²) in [5.74, 6) is 1.49. The lowest BCUT2D eigenvalue weighted by Gasteiger charge is -2.30. The second-order valence-electron chi connectivity index (χ2n) is 11.3. The summed E-state index contributed by atoms with van der Waals surface area (Å²) in [5, 5.41) is 7.82. The molecule has 0 unspecified atom stereocenters. The highest BCUT2D eigenvalue weighted by Crippen LogP contribution is 2.35. The first-order valence-corrected chi connectivity index (χ1v) is 13.8. The second kappa shape index (κ2) is 13.0. The van der Waals surface area contributed by atoms with Gasteiger partial charge in [0.25, 0.3) is 0 Å². The fourth-order valence-electron chi connectivity index (χ4n) is 4.38. The number of rotatable bonds is 10. The Morgan fingerprint density at radius 3 is 2.42 bits per heavy atom. The van der Waals surface area contributed by atoms with Gasteiger partial charge in [-0.2, -0.15) is 5.10 Å². The molecule has 0 aliphatic carbocycles. The van der Waals surface area contributed by atoms with Crippen LogP contribution in [0.25, 0.3) is 10.9 Å². The third-order valence-corrected chi connectivity index (χ3v) is 6.26. The molecule has 0 aliphatic rings. The molecule has 2 aromatic heterocycles. The molecule has 0 radical (unpaired) electrons. The molecule has 12 nitrogen and oxygen atoms in total. The quantitative estimate of drug-likeness (QED) is 0.246. The fourth-order valence-corrected chi connectivity index (χ4v) is 4.38. The van der Waals surface area contributed by atoms with E-state index in [2.05, 4.69) is 20.4 Å². The lowest BCUT2D eigenvalue weighted by atomic mass is 10.1. The number of fused-ring (bicyclic) bond motifs is 1. The van der Waals surface area contributed by atoms with Crippen LogP contribution in [0, 0.1) is 6.92 Å². The summed E-state index contributed by atoms with van der Waals surface area (Å²) in [6.07, 6.45) is 4.12. The topological polar surface area (TPSA) is 130 Å². The molecule has 2 amide bonds. The Hall–Kier alpha value is -4.87. The molecule has 0 fully saturated rings. The maximum Gasteiger partial charge on any atom is 0.410 e. The van der Waals surface area contributed by atoms with Crippen molar-refractivity contribution in [2.24, 2.45) is 0 Å². The van der Waals surface area contributed by atoms with Gasteiger partial charge in [-0.15, -0.1) is 0 Å². The lowest BCUT2D eigenvalue weighted by Crippen LogP contribution is -2.40. The van der Waals surface area contributed by atoms with Crippen molar-refractivity contribution in [2.75, 3.05) is 19.5 Å². The molecule has 0 aliphatic heterocycles. The summed E-state index contributed by atoms with van der Waals surface area (Å²) in [6, 6.07) is 9.11. The summed E-state index contributed by atoms with van der Waals surface area (Å²) in [5.41, 5.74) is 2.46. The van der Waals surface area contributed by atoms with E-state index in [1.807, 2.05) is 59.7 Å². The highest BCUT2D eigenvalue weighted by atomic mass is 16.6. The molecular formula is C31H38N6O6. The van der Waals surface area contributed by atoms with Gasteiger partial charge in [-0.25, -0.2) is 14.8 Å². The number of aryl methyl sites for hydroxylation is 1. The average molecular weight is 591 g/mol. The van der Waals surface area contributed by atoms with E-state index in [9.17, 15) is 9.59 Å². The Balaban J connectivity index is 1.43. The highest BCUT2D eigenvalue weighted by Gasteiger charge is 2.24. The van der Waals surface area contributed by atoms with Gasteiger partial charge in [0, 0.05) is 24.3 Å². The summed E-state index contributed by atoms with van der Waals surface area (Å²) in [7, 11) is 3.10. The normalized spacial score (nSPS) is 11.4. The first-order chi connectivity index (χ1) is 20.3. The van der Waals surface area contributed by atoms with E-state index in [1.165, 1.54) is 17.2 Å². The Kier molecular flexibility index (Phi) is 9.37. The van der Waals surface area contributed by atoms with Gasteiger partial charge in [-0.05, 0) is 70.9 Å². The van der Waals surface area contributed by atoms with Crippen molar-refractivity contribution in [3.05, 3.63) is 60.2 Å². The minimum atomic E-state index is -0.600. The maximum atomic E-state index is 12.9. The SMILES string of the molecule is COc1cc2ncnc(Oc3cnn(CC(=O)Nc4cc(C)cc(CN(C(=O)OC(C)(C)C)C(C)C)c4)c3)c2cc1OC. The van der Waals surface area contributed by atoms with Crippen molar-refractivity contribution < 1.29 is 28.5 Å². The molecule has 1 N–H and O–H groups in total. The number of aromatic nitrogens is 4. The molecule has 0 atom stereocenters. The zero-order valence-electron chi connectivity index (χ0n) is 25.8. The van der Waals surface area contributed by atoms with Crippen molar-refractivity contribution in [3.8, 4) is 23.1 Å². The second-order valence-corrected chi connectivity index (χ2v) is 11.3. The maximum absolute atomic E-state index is 12.9. The minimum Gasteiger partial charge on any atom is -0.493 e. The van der Waals surface area contributed by atoms with Crippen molar-refractivity contribution in [2.45, 2.75) is 66.3 Å². The van der Waals surface area contributed by atoms with Gasteiger partial charge in [0.2, 0.25) is 11.8 Å². The third-order valence-electron chi connectivity index (χ3n) is 6.26. The average Bonchev–Trinajstić information content (AvgIpc) is 3.35. The molecule has 228 valence electrons. The number of anilines is 1. The molecule has 43 heavy (non-hydrogen) atoms. The first-order valence-electron chi connectivity index (χ1n) is 13.8. The molecule has 0 saturated carbocycles. The number of amides is 2. The lowest BCUT2D eigenvalue weighted by molar-refractivity contribution is -0.116. The number of hydrogen-bond donors (Lipinski definition) is 1. The Morgan fingerprint density at radius 2 is 1.74 bits per heavy atom. The van der Waals surface area contributed by atoms with Crippen LogP contribution in [-0.4, -0.2) is 62.5 Å². The van der Waals surface area contributed by atoms with E-state index in [0.717, 1.165) is 11.1 Å². The molecule has 0 bridgehead atoms. The molecule has 12 heteroatoms. The number of hydrogen-bond acceptors (Lipinski definition) is 9. The molecule has 2 aromatic carbocycles. The fraction of sp³-hybridized carbons (Fsp3) is 0.387. The zero-order chi connectivity index (χ0) is 31.3. The van der Waals surface area contributed by atoms with Gasteiger partial charge >= 0.3 is 6.09 Å². The number of nitrogens with zero attached hydrogens (tertiary/aromatic N) is 5. The van der Waals surface area contributed by atoms with Crippen molar-refractivity contribution in [1.82, 2.24) is 24.6 Å². The van der Waals surface area contributed by atoms with Gasteiger partial charge in [-0.1, -0.05) is 6.07 Å². The van der Waals surface area contributed by atoms with Gasteiger partial charge < -0.3 is 29.2 Å². The van der Waals surface area contributed by atoms with E-state index in [-0.39, 0.29) is 24.6 Å². The number of methoxy groups -OCH3 is 2. The monoisotopic (exact) mass is 590 g/mol. The third kappa shape index (κ3) is 8.12. The Labute approximate surface area is 250 Å². The first kappa shape index (κ1) is 31.1. The predicted molar refractivity (Wildman–Crippen MR) is 162 cm³/mol. The van der Waals surface area contributed by atoms with Gasteiger partial charge in [0.15, 0.2) is 17.2 Å². The van der Waals surface area contributed by atoms with Crippen molar-refractivity contribution in [1.29, 1.82) is 0 Å². The van der Waals surface area contributed by atoms with Crippen LogP contribution in [0.2, 0.25) is 0 Å². The number of nitrogens with one attached hydrogen (secondary N) is 1. The zero-order valence-corrected chi connectivity index (χ0v) is 25.8. The number of ether oxygens (including phenoxy) is 4. The minimum absolute atomic E-state index is 0.0434. The van der Waals surface area contributed by atoms with Crippen molar-refractivity contribution >= 4 is 28.6 Å². The largest absolute Gasteiger partial charge is 0.493 e. The van der Waals surface area contributed by atoms with Crippen LogP contribution in [0.1, 0.15) is 45.7 Å². The summed E-state index contributed by atoms with van der Waals surface area (Å²) in [6.45, 7) is 11.6. The van der Waals surface area contributed by atoms with Gasteiger partial charge in [-0.3, -0.25) is 9.48 Å². The van der Waals surface area contributed by atoms with Crippen LogP contribution < -0.4 is 19.5 Å². The summed E-state index contributed by atoms with van der Waals surface area (Å²) >= 11 is 0. The van der Waals surface area contributed by atoms with Gasteiger partial charge in [0.1, 0.15) is 18.5 Å². The number of carbonyl (C=O) groups is 2. The number of carbonyl (C=O) groups excluding carboxylic acids is 2. The molecule has 4 rings (SSSR count). The van der Waals surface area contributed by atoms with E-state index >= 15 is 0 Å². The Bertz CT molecular complexity index is 1610. The summed E-state index contributed by atoms with van der Waals surface area (Å²) < 4.78 is 23.8. The van der Waals surface area contributed by atoms with E-state index in [0.29, 0.717) is 46.3 Å². The predicted octanol–water partition coefficient (Wildman–Crippen LogP) is 5.73. The van der Waals surface area contributed by atoms with E-state index in [4.69, 9.17) is 18.9 Å². The Morgan fingerprint density at radius 1 is 1.02 bits per heavy atom. The van der Waals surface area contributed by atoms with Gasteiger partial charge in [0.05, 0.1) is 37.5 Å². The van der Waals surface area contributed by atoms with E-state index < -0.39 is 5.60 Å². The smallest absolute Gasteiger partial charge is 0.410 e. The standard InChI is InChI=1S/C31H38N6O6/c1-19(2)37(30(39)43-31(4,5)6)15-21-9-20(3)10-22(11-21)35-28(38)17-36-16-23(14-34-36)42-29-24-12-26(40-7)27(41-8)13-25(24)32-18-33-29/h9-14,16,18-19H,15,17H2,1-8H3,(H,35,38). The molecule has 4 aromatic rings. The van der Waals surface area contributed by atoms with Crippen molar-refractivity contribution in [3.63, 3.8) is 0 Å². The van der Waals surface area contributed by atoms with E-state index in [1.54, 1.807) is 37.4 Å². The molecule has 0 saturated heterocycles. The number of benzene rings is 2. The molecule has 0 spiro atoms. The molecular weight excluding hydrogens is 552 g/mol. The van der Waals surface area contributed by atoms with Crippen LogP contribution in [0.3, 0.4) is 0 Å². The van der Waals surface area contributed by atoms with Crippen LogP contribution in [0.15, 0.2) is 49.1 Å². The highest BCUT2D eigenvalue weighted by molar-refractivity contribution is 5.90. The van der Waals surface area contributed by atoms with Crippen LogP contribution in [0.5, 0.6) is 23.1 Å². The van der Waals surface area contributed by atoms with Crippen LogP contribution >= 0.6 is 0 Å². The molecule has 2 heterocycles. The van der Waals surface area contributed by atoms with Crippen LogP contribution in [-0.2, 0) is 22.6 Å².